The van der Waals surface area contributed by atoms with Crippen molar-refractivity contribution in [3.05, 3.63) is 10.6 Å². The van der Waals surface area contributed by atoms with Crippen LogP contribution in [0.5, 0.6) is 0 Å². The molecule has 5 heteroatoms. The van der Waals surface area contributed by atoms with Crippen LogP contribution in [-0.4, -0.2) is 27.9 Å². The molecule has 2 N–H and O–H groups in total. The lowest BCUT2D eigenvalue weighted by atomic mass is 9.99. The minimum atomic E-state index is 0.525. The lowest BCUT2D eigenvalue weighted by molar-refractivity contribution is 0.433. The average molecular weight is 212 g/mol. The number of nitrogens with zero attached hydrogens (tertiary/aromatic N) is 2. The Labute approximate surface area is 88.7 Å². The fourth-order valence-electron chi connectivity index (χ4n) is 2.02. The topological polar surface area (TPSA) is 45.6 Å². The molecule has 2 rings (SSSR count). The van der Waals surface area contributed by atoms with E-state index in [0.717, 1.165) is 30.2 Å². The largest absolute Gasteiger partial charge is 0.316 e. The van der Waals surface area contributed by atoms with Crippen molar-refractivity contribution < 1.29 is 0 Å². The zero-order valence-corrected chi connectivity index (χ0v) is 9.23. The summed E-state index contributed by atoms with van der Waals surface area (Å²) in [5, 5.41) is 10.6. The van der Waals surface area contributed by atoms with Crippen molar-refractivity contribution in [1.29, 1.82) is 0 Å². The highest BCUT2D eigenvalue weighted by Crippen LogP contribution is 2.21. The maximum absolute atomic E-state index is 5.17. The molecule has 1 aromatic rings. The van der Waals surface area contributed by atoms with Crippen LogP contribution in [0.25, 0.3) is 0 Å². The third kappa shape index (κ3) is 1.74. The second kappa shape index (κ2) is 4.23. The third-order valence-electron chi connectivity index (χ3n) is 2.77. The SMILES string of the molecule is CCn1c(C2CCCNC2)n[nH]c1=S. The first kappa shape index (κ1) is 9.86. The molecule has 0 radical (unpaired) electrons. The monoisotopic (exact) mass is 212 g/mol. The Morgan fingerprint density at radius 3 is 3.14 bits per heavy atom. The number of hydrogen-bond acceptors (Lipinski definition) is 3. The van der Waals surface area contributed by atoms with Gasteiger partial charge in [0.25, 0.3) is 0 Å². The Balaban J connectivity index is 2.25. The van der Waals surface area contributed by atoms with Crippen molar-refractivity contribution in [3.63, 3.8) is 0 Å². The normalized spacial score (nSPS) is 22.5. The molecular weight excluding hydrogens is 196 g/mol. The molecule has 78 valence electrons. The zero-order valence-electron chi connectivity index (χ0n) is 8.42. The summed E-state index contributed by atoms with van der Waals surface area (Å²) in [7, 11) is 0. The van der Waals surface area contributed by atoms with Crippen LogP contribution in [0.15, 0.2) is 0 Å². The highest BCUT2D eigenvalue weighted by atomic mass is 32.1. The van der Waals surface area contributed by atoms with E-state index in [1.165, 1.54) is 12.8 Å². The Morgan fingerprint density at radius 1 is 1.64 bits per heavy atom. The van der Waals surface area contributed by atoms with Gasteiger partial charge in [-0.15, -0.1) is 0 Å². The van der Waals surface area contributed by atoms with Crippen LogP contribution >= 0.6 is 12.2 Å². The van der Waals surface area contributed by atoms with Crippen molar-refractivity contribution in [2.45, 2.75) is 32.2 Å². The average Bonchev–Trinajstić information content (AvgIpc) is 2.61. The lowest BCUT2D eigenvalue weighted by Gasteiger charge is -2.22. The molecule has 14 heavy (non-hydrogen) atoms. The summed E-state index contributed by atoms with van der Waals surface area (Å²) < 4.78 is 2.83. The molecule has 0 bridgehead atoms. The van der Waals surface area contributed by atoms with Gasteiger partial charge in [-0.1, -0.05) is 0 Å². The van der Waals surface area contributed by atoms with E-state index in [9.17, 15) is 0 Å². The summed E-state index contributed by atoms with van der Waals surface area (Å²) in [5.74, 6) is 1.64. The van der Waals surface area contributed by atoms with Crippen LogP contribution in [0, 0.1) is 4.77 Å². The fourth-order valence-corrected chi connectivity index (χ4v) is 2.29. The van der Waals surface area contributed by atoms with Crippen molar-refractivity contribution in [2.75, 3.05) is 13.1 Å². The molecule has 1 unspecified atom stereocenters. The van der Waals surface area contributed by atoms with Crippen LogP contribution in [0.1, 0.15) is 31.5 Å². The first-order valence-corrected chi connectivity index (χ1v) is 5.59. The minimum absolute atomic E-state index is 0.525. The Bertz CT molecular complexity index is 348. The molecule has 4 nitrogen and oxygen atoms in total. The van der Waals surface area contributed by atoms with Gasteiger partial charge in [0.15, 0.2) is 4.77 Å². The molecule has 0 spiro atoms. The van der Waals surface area contributed by atoms with E-state index >= 15 is 0 Å². The van der Waals surface area contributed by atoms with E-state index in [4.69, 9.17) is 12.2 Å². The lowest BCUT2D eigenvalue weighted by Crippen LogP contribution is -2.30. The molecule has 1 saturated heterocycles. The van der Waals surface area contributed by atoms with E-state index in [1.54, 1.807) is 0 Å². The van der Waals surface area contributed by atoms with Gasteiger partial charge in [0.05, 0.1) is 0 Å². The van der Waals surface area contributed by atoms with Crippen molar-refractivity contribution >= 4 is 12.2 Å². The van der Waals surface area contributed by atoms with Crippen molar-refractivity contribution in [2.24, 2.45) is 0 Å². The molecular formula is C9H16N4S. The summed E-state index contributed by atoms with van der Waals surface area (Å²) in [5.41, 5.74) is 0. The van der Waals surface area contributed by atoms with Gasteiger partial charge in [0, 0.05) is 19.0 Å². The highest BCUT2D eigenvalue weighted by Gasteiger charge is 2.20. The van der Waals surface area contributed by atoms with Gasteiger partial charge in [-0.25, -0.2) is 0 Å². The Kier molecular flexibility index (Phi) is 2.98. The molecule has 1 fully saturated rings. The second-order valence-electron chi connectivity index (χ2n) is 3.67. The number of piperidine rings is 1. The minimum Gasteiger partial charge on any atom is -0.316 e. The molecule has 2 heterocycles. The van der Waals surface area contributed by atoms with Crippen molar-refractivity contribution in [1.82, 2.24) is 20.1 Å². The number of hydrogen-bond donors (Lipinski definition) is 2. The highest BCUT2D eigenvalue weighted by molar-refractivity contribution is 7.71. The predicted molar refractivity (Wildman–Crippen MR) is 57.9 cm³/mol. The molecule has 0 amide bonds. The van der Waals surface area contributed by atoms with Gasteiger partial charge in [-0.05, 0) is 38.5 Å². The van der Waals surface area contributed by atoms with Gasteiger partial charge in [-0.2, -0.15) is 5.10 Å². The smallest absolute Gasteiger partial charge is 0.195 e. The standard InChI is InChI=1S/C9H16N4S/c1-2-13-8(11-12-9(13)14)7-4-3-5-10-6-7/h7,10H,2-6H2,1H3,(H,12,14). The van der Waals surface area contributed by atoms with E-state index in [1.807, 2.05) is 0 Å². The van der Waals surface area contributed by atoms with Crippen molar-refractivity contribution in [3.8, 4) is 0 Å². The Hall–Kier alpha value is -0.680. The van der Waals surface area contributed by atoms with Gasteiger partial charge >= 0.3 is 0 Å². The van der Waals surface area contributed by atoms with Gasteiger partial charge in [0.2, 0.25) is 0 Å². The predicted octanol–water partition coefficient (Wildman–Crippen LogP) is 1.43. The number of aromatic nitrogens is 3. The first-order chi connectivity index (χ1) is 6.83. The summed E-state index contributed by atoms with van der Waals surface area (Å²) in [6, 6.07) is 0. The summed E-state index contributed by atoms with van der Waals surface area (Å²) in [6.07, 6.45) is 2.45. The molecule has 1 aliphatic heterocycles. The molecule has 1 aromatic heterocycles. The van der Waals surface area contributed by atoms with E-state index in [-0.39, 0.29) is 0 Å². The molecule has 0 saturated carbocycles. The van der Waals surface area contributed by atoms with E-state index < -0.39 is 0 Å². The third-order valence-corrected chi connectivity index (χ3v) is 3.08. The summed E-state index contributed by atoms with van der Waals surface area (Å²) in [6.45, 7) is 5.17. The maximum atomic E-state index is 5.17. The molecule has 1 aliphatic rings. The van der Waals surface area contributed by atoms with Crippen LogP contribution in [-0.2, 0) is 6.54 Å². The molecule has 0 aliphatic carbocycles. The summed E-state index contributed by atoms with van der Waals surface area (Å²) >= 11 is 5.17. The molecule has 1 atom stereocenters. The van der Waals surface area contributed by atoms with Crippen LogP contribution in [0.3, 0.4) is 0 Å². The van der Waals surface area contributed by atoms with Crippen LogP contribution in [0.4, 0.5) is 0 Å². The maximum Gasteiger partial charge on any atom is 0.195 e. The van der Waals surface area contributed by atoms with Crippen LogP contribution < -0.4 is 5.32 Å². The molecule has 0 aromatic carbocycles. The quantitative estimate of drug-likeness (QED) is 0.729. The van der Waals surface area contributed by atoms with Gasteiger partial charge in [0.1, 0.15) is 5.82 Å². The van der Waals surface area contributed by atoms with E-state index in [0.29, 0.717) is 5.92 Å². The second-order valence-corrected chi connectivity index (χ2v) is 4.06. The number of H-pyrrole nitrogens is 1. The first-order valence-electron chi connectivity index (χ1n) is 5.18. The Morgan fingerprint density at radius 2 is 2.50 bits per heavy atom. The number of aromatic amines is 1. The number of nitrogens with one attached hydrogen (secondary N) is 2. The van der Waals surface area contributed by atoms with E-state index in [2.05, 4.69) is 27.0 Å². The van der Waals surface area contributed by atoms with Crippen LogP contribution in [0.2, 0.25) is 0 Å². The zero-order chi connectivity index (χ0) is 9.97. The number of rotatable bonds is 2. The van der Waals surface area contributed by atoms with Gasteiger partial charge in [-0.3, -0.25) is 5.10 Å². The van der Waals surface area contributed by atoms with Gasteiger partial charge < -0.3 is 9.88 Å². The fraction of sp³-hybridized carbons (Fsp3) is 0.778. The summed E-state index contributed by atoms with van der Waals surface area (Å²) in [4.78, 5) is 0.